The van der Waals surface area contributed by atoms with E-state index in [1.165, 1.54) is 6.92 Å². The summed E-state index contributed by atoms with van der Waals surface area (Å²) in [5, 5.41) is 11.0. The SMILES string of the molecule is CC(=O)c1[nH]nc2c(C)cc(-c3cnc(C)nc3)c(CC(=O)N3[C@H](C(=O)NCc4ccccc4)C[C@@]4(C)C[C@@H]34)c12. The Bertz CT molecular complexity index is 1650. The first-order chi connectivity index (χ1) is 19.2. The molecule has 4 aromatic rings. The molecule has 6 rings (SSSR count). The van der Waals surface area contributed by atoms with Crippen LogP contribution in [0.25, 0.3) is 22.0 Å². The molecule has 1 aliphatic carbocycles. The lowest BCUT2D eigenvalue weighted by atomic mass is 9.91. The normalized spacial score (nSPS) is 21.4. The average Bonchev–Trinajstić information content (AvgIpc) is 3.26. The van der Waals surface area contributed by atoms with Gasteiger partial charge in [-0.1, -0.05) is 37.3 Å². The number of Topliss-reactive ketones (excluding diaryl/α,β-unsaturated/α-hetero) is 1. The summed E-state index contributed by atoms with van der Waals surface area (Å²) < 4.78 is 0. The van der Waals surface area contributed by atoms with E-state index in [1.54, 1.807) is 17.3 Å². The molecule has 9 heteroatoms. The summed E-state index contributed by atoms with van der Waals surface area (Å²) in [6.07, 6.45) is 5.01. The van der Waals surface area contributed by atoms with Crippen molar-refractivity contribution in [2.24, 2.45) is 5.41 Å². The van der Waals surface area contributed by atoms with Crippen molar-refractivity contribution >= 4 is 28.5 Å². The van der Waals surface area contributed by atoms with E-state index < -0.39 is 6.04 Å². The third kappa shape index (κ3) is 4.45. The second-order valence-electron chi connectivity index (χ2n) is 11.4. The maximum Gasteiger partial charge on any atom is 0.243 e. The number of carbonyl (C=O) groups excluding carboxylic acids is 3. The van der Waals surface area contributed by atoms with E-state index in [1.807, 2.05) is 50.2 Å². The van der Waals surface area contributed by atoms with Gasteiger partial charge in [0.05, 0.1) is 11.9 Å². The summed E-state index contributed by atoms with van der Waals surface area (Å²) in [7, 11) is 0. The second kappa shape index (κ2) is 9.66. The Morgan fingerprint density at radius 2 is 1.82 bits per heavy atom. The zero-order valence-electron chi connectivity index (χ0n) is 23.1. The maximum absolute atomic E-state index is 14.2. The summed E-state index contributed by atoms with van der Waals surface area (Å²) >= 11 is 0. The first-order valence-electron chi connectivity index (χ1n) is 13.6. The summed E-state index contributed by atoms with van der Waals surface area (Å²) in [6.45, 7) is 7.78. The van der Waals surface area contributed by atoms with Gasteiger partial charge >= 0.3 is 0 Å². The fourth-order valence-corrected chi connectivity index (χ4v) is 6.16. The third-order valence-corrected chi connectivity index (χ3v) is 8.44. The van der Waals surface area contributed by atoms with Gasteiger partial charge in [-0.2, -0.15) is 5.10 Å². The number of fused-ring (bicyclic) bond motifs is 2. The van der Waals surface area contributed by atoms with E-state index in [0.29, 0.717) is 41.0 Å². The van der Waals surface area contributed by atoms with Crippen molar-refractivity contribution in [3.8, 4) is 11.1 Å². The highest BCUT2D eigenvalue weighted by Crippen LogP contribution is 2.59. The van der Waals surface area contributed by atoms with Crippen molar-refractivity contribution in [1.82, 2.24) is 30.4 Å². The number of H-pyrrole nitrogens is 1. The number of hydrogen-bond acceptors (Lipinski definition) is 6. The van der Waals surface area contributed by atoms with Crippen LogP contribution in [0.3, 0.4) is 0 Å². The number of nitrogens with one attached hydrogen (secondary N) is 2. The van der Waals surface area contributed by atoms with Crippen LogP contribution in [0.1, 0.15) is 59.7 Å². The van der Waals surface area contributed by atoms with Gasteiger partial charge in [0.2, 0.25) is 11.8 Å². The molecule has 40 heavy (non-hydrogen) atoms. The Kier molecular flexibility index (Phi) is 6.24. The van der Waals surface area contributed by atoms with Crippen LogP contribution < -0.4 is 5.32 Å². The number of benzene rings is 2. The van der Waals surface area contributed by atoms with Crippen molar-refractivity contribution < 1.29 is 14.4 Å². The zero-order valence-corrected chi connectivity index (χ0v) is 23.1. The van der Waals surface area contributed by atoms with Crippen molar-refractivity contribution in [2.45, 2.75) is 65.6 Å². The number of ketones is 1. The number of aromatic nitrogens is 4. The molecule has 0 spiro atoms. The first kappa shape index (κ1) is 25.9. The molecule has 3 heterocycles. The predicted molar refractivity (Wildman–Crippen MR) is 150 cm³/mol. The van der Waals surface area contributed by atoms with Crippen LogP contribution in [-0.4, -0.2) is 54.7 Å². The molecule has 2 aromatic heterocycles. The summed E-state index contributed by atoms with van der Waals surface area (Å²) in [5.41, 5.74) is 5.07. The molecule has 2 N–H and O–H groups in total. The Balaban J connectivity index is 1.37. The standard InChI is InChI=1S/C31H32N6O3/c1-17-10-22(21-15-32-19(3)33-16-21)23(27-28(17)35-36-29(27)18(2)38)11-26(39)37-24(12-31(4)13-25(31)37)30(40)34-14-20-8-6-5-7-9-20/h5-10,15-16,24-25H,11-14H2,1-4H3,(H,34,40)(H,35,36)/t24-,25+,31-/m0/s1. The fraction of sp³-hybridized carbons (Fsp3) is 0.355. The van der Waals surface area contributed by atoms with Gasteiger partial charge in [0, 0.05) is 42.9 Å². The molecule has 204 valence electrons. The molecule has 2 aromatic carbocycles. The quantitative estimate of drug-likeness (QED) is 0.344. The zero-order chi connectivity index (χ0) is 28.2. The number of rotatable bonds is 7. The number of likely N-dealkylation sites (tertiary alicyclic amines) is 1. The highest BCUT2D eigenvalue weighted by molar-refractivity contribution is 6.09. The number of carbonyl (C=O) groups is 3. The minimum Gasteiger partial charge on any atom is -0.350 e. The minimum atomic E-state index is -0.538. The molecule has 2 aliphatic rings. The summed E-state index contributed by atoms with van der Waals surface area (Å²) in [6, 6.07) is 11.2. The molecule has 9 nitrogen and oxygen atoms in total. The lowest BCUT2D eigenvalue weighted by Crippen LogP contribution is -2.48. The highest BCUT2D eigenvalue weighted by atomic mass is 16.2. The van der Waals surface area contributed by atoms with E-state index in [9.17, 15) is 14.4 Å². The molecule has 0 bridgehead atoms. The van der Waals surface area contributed by atoms with E-state index >= 15 is 0 Å². The summed E-state index contributed by atoms with van der Waals surface area (Å²) in [5.74, 6) is 0.198. The van der Waals surface area contributed by atoms with Crippen LogP contribution in [0.5, 0.6) is 0 Å². The van der Waals surface area contributed by atoms with E-state index in [-0.39, 0.29) is 35.5 Å². The number of amides is 2. The Morgan fingerprint density at radius 1 is 1.10 bits per heavy atom. The molecule has 2 amide bonds. The fourth-order valence-electron chi connectivity index (χ4n) is 6.16. The van der Waals surface area contributed by atoms with Gasteiger partial charge in [-0.3, -0.25) is 19.5 Å². The monoisotopic (exact) mass is 536 g/mol. The molecular weight excluding hydrogens is 504 g/mol. The van der Waals surface area contributed by atoms with Gasteiger partial charge in [-0.05, 0) is 60.4 Å². The van der Waals surface area contributed by atoms with Gasteiger partial charge < -0.3 is 10.2 Å². The van der Waals surface area contributed by atoms with Gasteiger partial charge in [-0.25, -0.2) is 9.97 Å². The van der Waals surface area contributed by atoms with Crippen LogP contribution in [0, 0.1) is 19.3 Å². The van der Waals surface area contributed by atoms with E-state index in [2.05, 4.69) is 32.4 Å². The van der Waals surface area contributed by atoms with Crippen molar-refractivity contribution in [3.05, 3.63) is 77.0 Å². The number of aromatic amines is 1. The van der Waals surface area contributed by atoms with Gasteiger partial charge in [0.1, 0.15) is 17.6 Å². The van der Waals surface area contributed by atoms with Crippen LogP contribution in [-0.2, 0) is 22.6 Å². The van der Waals surface area contributed by atoms with Crippen LogP contribution in [0.4, 0.5) is 0 Å². The molecule has 0 radical (unpaired) electrons. The average molecular weight is 537 g/mol. The Labute approximate surface area is 232 Å². The largest absolute Gasteiger partial charge is 0.350 e. The van der Waals surface area contributed by atoms with E-state index in [0.717, 1.165) is 28.7 Å². The number of hydrogen-bond donors (Lipinski definition) is 2. The van der Waals surface area contributed by atoms with Crippen molar-refractivity contribution in [2.75, 3.05) is 0 Å². The molecule has 3 atom stereocenters. The summed E-state index contributed by atoms with van der Waals surface area (Å²) in [4.78, 5) is 50.7. The minimum absolute atomic E-state index is 0.0227. The molecular formula is C31H32N6O3. The number of aryl methyl sites for hydroxylation is 2. The lowest BCUT2D eigenvalue weighted by molar-refractivity contribution is -0.139. The Hall–Kier alpha value is -4.40. The molecule has 0 unspecified atom stereocenters. The van der Waals surface area contributed by atoms with Gasteiger partial charge in [0.25, 0.3) is 0 Å². The third-order valence-electron chi connectivity index (χ3n) is 8.44. The van der Waals surface area contributed by atoms with Crippen LogP contribution in [0.2, 0.25) is 0 Å². The van der Waals surface area contributed by atoms with Crippen LogP contribution >= 0.6 is 0 Å². The van der Waals surface area contributed by atoms with E-state index in [4.69, 9.17) is 0 Å². The molecule has 2 fully saturated rings. The molecule has 1 saturated carbocycles. The molecule has 1 aliphatic heterocycles. The van der Waals surface area contributed by atoms with Crippen molar-refractivity contribution in [1.29, 1.82) is 0 Å². The lowest BCUT2D eigenvalue weighted by Gasteiger charge is -2.27. The maximum atomic E-state index is 14.2. The van der Waals surface area contributed by atoms with Crippen molar-refractivity contribution in [3.63, 3.8) is 0 Å². The highest BCUT2D eigenvalue weighted by Gasteiger charge is 2.64. The number of piperidine rings is 1. The topological polar surface area (TPSA) is 121 Å². The number of nitrogens with zero attached hydrogens (tertiary/aromatic N) is 4. The predicted octanol–water partition coefficient (Wildman–Crippen LogP) is 4.08. The van der Waals surface area contributed by atoms with Crippen LogP contribution in [0.15, 0.2) is 48.8 Å². The van der Waals surface area contributed by atoms with Gasteiger partial charge in [0.15, 0.2) is 5.78 Å². The smallest absolute Gasteiger partial charge is 0.243 e. The molecule has 1 saturated heterocycles. The second-order valence-corrected chi connectivity index (χ2v) is 11.4. The first-order valence-corrected chi connectivity index (χ1v) is 13.6. The van der Waals surface area contributed by atoms with Gasteiger partial charge in [-0.15, -0.1) is 0 Å². The Morgan fingerprint density at radius 3 is 2.52 bits per heavy atom.